The van der Waals surface area contributed by atoms with Crippen LogP contribution in [0.4, 0.5) is 0 Å². The van der Waals surface area contributed by atoms with Gasteiger partial charge in [-0.3, -0.25) is 9.89 Å². The van der Waals surface area contributed by atoms with Crippen LogP contribution in [-0.2, 0) is 4.74 Å². The molecule has 1 N–H and O–H groups in total. The van der Waals surface area contributed by atoms with Gasteiger partial charge in [-0.25, -0.2) is 0 Å². The van der Waals surface area contributed by atoms with E-state index in [0.717, 1.165) is 18.5 Å². The lowest BCUT2D eigenvalue weighted by Gasteiger charge is -2.21. The number of carbonyl (C=O) groups is 1. The average molecular weight is 223 g/mol. The highest BCUT2D eigenvalue weighted by Gasteiger charge is 2.33. The summed E-state index contributed by atoms with van der Waals surface area (Å²) in [6, 6.07) is 0.400. The van der Waals surface area contributed by atoms with Gasteiger partial charge < -0.3 is 9.64 Å². The summed E-state index contributed by atoms with van der Waals surface area (Å²) < 4.78 is 5.03. The number of ether oxygens (including phenoxy) is 1. The fraction of sp³-hybridized carbons (Fsp3) is 0.636. The first-order chi connectivity index (χ1) is 7.74. The lowest BCUT2D eigenvalue weighted by atomic mass is 10.2. The Hall–Kier alpha value is -1.36. The summed E-state index contributed by atoms with van der Waals surface area (Å²) in [5.74, 6) is 0.0609. The molecule has 1 aromatic heterocycles. The van der Waals surface area contributed by atoms with E-state index in [0.29, 0.717) is 24.8 Å². The zero-order chi connectivity index (χ0) is 11.5. The van der Waals surface area contributed by atoms with Crippen LogP contribution in [0, 0.1) is 6.92 Å². The van der Waals surface area contributed by atoms with Crippen LogP contribution < -0.4 is 0 Å². The van der Waals surface area contributed by atoms with Crippen LogP contribution in [-0.4, -0.2) is 47.3 Å². The SMILES string of the molecule is COCCN(C(=O)c1cn[nH]c1C)C1CC1. The number of aromatic amines is 1. The number of methoxy groups -OCH3 is 1. The molecule has 5 nitrogen and oxygen atoms in total. The standard InChI is InChI=1S/C11H17N3O2/c1-8-10(7-12-13-8)11(15)14(5-6-16-2)9-3-4-9/h7,9H,3-6H2,1-2H3,(H,12,13). The smallest absolute Gasteiger partial charge is 0.257 e. The van der Waals surface area contributed by atoms with Crippen LogP contribution in [0.5, 0.6) is 0 Å². The van der Waals surface area contributed by atoms with Crippen LogP contribution in [0.25, 0.3) is 0 Å². The summed E-state index contributed by atoms with van der Waals surface area (Å²) in [6.45, 7) is 3.10. The molecule has 16 heavy (non-hydrogen) atoms. The van der Waals surface area contributed by atoms with Gasteiger partial charge >= 0.3 is 0 Å². The van der Waals surface area contributed by atoms with E-state index in [1.54, 1.807) is 13.3 Å². The van der Waals surface area contributed by atoms with Gasteiger partial charge in [0.05, 0.1) is 18.4 Å². The van der Waals surface area contributed by atoms with Crippen molar-refractivity contribution in [1.29, 1.82) is 0 Å². The fourth-order valence-electron chi connectivity index (χ4n) is 1.75. The molecule has 1 saturated carbocycles. The van der Waals surface area contributed by atoms with E-state index in [1.807, 2.05) is 11.8 Å². The van der Waals surface area contributed by atoms with Gasteiger partial charge in [0, 0.05) is 25.4 Å². The third kappa shape index (κ3) is 2.24. The highest BCUT2D eigenvalue weighted by atomic mass is 16.5. The monoisotopic (exact) mass is 223 g/mol. The molecular formula is C11H17N3O2. The molecule has 0 saturated heterocycles. The molecule has 0 aliphatic heterocycles. The maximum atomic E-state index is 12.2. The molecule has 1 fully saturated rings. The number of rotatable bonds is 5. The van der Waals surface area contributed by atoms with Gasteiger partial charge in [0.25, 0.3) is 5.91 Å². The van der Waals surface area contributed by atoms with Crippen LogP contribution >= 0.6 is 0 Å². The summed E-state index contributed by atoms with van der Waals surface area (Å²) in [6.07, 6.45) is 3.80. The van der Waals surface area contributed by atoms with Crippen molar-refractivity contribution >= 4 is 5.91 Å². The van der Waals surface area contributed by atoms with E-state index in [9.17, 15) is 4.79 Å². The molecule has 88 valence electrons. The van der Waals surface area contributed by atoms with Crippen molar-refractivity contribution in [3.05, 3.63) is 17.5 Å². The Kier molecular flexibility index (Phi) is 3.24. The first-order valence-corrected chi connectivity index (χ1v) is 5.54. The van der Waals surface area contributed by atoms with Crippen molar-refractivity contribution in [3.8, 4) is 0 Å². The second kappa shape index (κ2) is 4.65. The number of hydrogen-bond acceptors (Lipinski definition) is 3. The molecule has 0 bridgehead atoms. The van der Waals surface area contributed by atoms with E-state index in [1.165, 1.54) is 0 Å². The second-order valence-corrected chi connectivity index (χ2v) is 4.13. The predicted octanol–water partition coefficient (Wildman–Crippen LogP) is 0.969. The first kappa shape index (κ1) is 11.1. The van der Waals surface area contributed by atoms with Crippen molar-refractivity contribution in [1.82, 2.24) is 15.1 Å². The Bertz CT molecular complexity index is 371. The minimum Gasteiger partial charge on any atom is -0.383 e. The molecule has 0 atom stereocenters. The van der Waals surface area contributed by atoms with Gasteiger partial charge in [0.15, 0.2) is 0 Å². The van der Waals surface area contributed by atoms with Crippen molar-refractivity contribution in [3.63, 3.8) is 0 Å². The minimum absolute atomic E-state index is 0.0609. The highest BCUT2D eigenvalue weighted by Crippen LogP contribution is 2.28. The molecule has 1 heterocycles. The minimum atomic E-state index is 0.0609. The predicted molar refractivity (Wildman–Crippen MR) is 59.3 cm³/mol. The Morgan fingerprint density at radius 2 is 2.44 bits per heavy atom. The lowest BCUT2D eigenvalue weighted by molar-refractivity contribution is 0.0679. The molecule has 0 radical (unpaired) electrons. The zero-order valence-electron chi connectivity index (χ0n) is 9.69. The quantitative estimate of drug-likeness (QED) is 0.809. The number of nitrogens with zero attached hydrogens (tertiary/aromatic N) is 2. The van der Waals surface area contributed by atoms with Crippen LogP contribution in [0.3, 0.4) is 0 Å². The highest BCUT2D eigenvalue weighted by molar-refractivity contribution is 5.95. The summed E-state index contributed by atoms with van der Waals surface area (Å²) in [5, 5.41) is 6.67. The van der Waals surface area contributed by atoms with Crippen molar-refractivity contribution < 1.29 is 9.53 Å². The largest absolute Gasteiger partial charge is 0.383 e. The van der Waals surface area contributed by atoms with Gasteiger partial charge in [-0.2, -0.15) is 5.10 Å². The van der Waals surface area contributed by atoms with Crippen molar-refractivity contribution in [2.45, 2.75) is 25.8 Å². The summed E-state index contributed by atoms with van der Waals surface area (Å²) >= 11 is 0. The van der Waals surface area contributed by atoms with E-state index in [4.69, 9.17) is 4.74 Å². The Morgan fingerprint density at radius 3 is 2.94 bits per heavy atom. The average Bonchev–Trinajstić information content (AvgIpc) is 3.01. The summed E-state index contributed by atoms with van der Waals surface area (Å²) in [5.41, 5.74) is 1.50. The number of carbonyl (C=O) groups excluding carboxylic acids is 1. The third-order valence-electron chi connectivity index (χ3n) is 2.85. The number of aryl methyl sites for hydroxylation is 1. The fourth-order valence-corrected chi connectivity index (χ4v) is 1.75. The number of hydrogen-bond donors (Lipinski definition) is 1. The van der Waals surface area contributed by atoms with E-state index >= 15 is 0 Å². The normalized spacial score (nSPS) is 15.1. The van der Waals surface area contributed by atoms with Crippen LogP contribution in [0.2, 0.25) is 0 Å². The number of nitrogens with one attached hydrogen (secondary N) is 1. The Labute approximate surface area is 94.8 Å². The van der Waals surface area contributed by atoms with Crippen molar-refractivity contribution in [2.24, 2.45) is 0 Å². The summed E-state index contributed by atoms with van der Waals surface area (Å²) in [7, 11) is 1.65. The summed E-state index contributed by atoms with van der Waals surface area (Å²) in [4.78, 5) is 14.1. The van der Waals surface area contributed by atoms with E-state index in [-0.39, 0.29) is 5.91 Å². The van der Waals surface area contributed by atoms with E-state index in [2.05, 4.69) is 10.2 Å². The number of H-pyrrole nitrogens is 1. The van der Waals surface area contributed by atoms with Crippen LogP contribution in [0.1, 0.15) is 28.9 Å². The molecule has 2 rings (SSSR count). The van der Waals surface area contributed by atoms with Gasteiger partial charge in [0.2, 0.25) is 0 Å². The van der Waals surface area contributed by atoms with Gasteiger partial charge in [-0.1, -0.05) is 0 Å². The molecule has 5 heteroatoms. The Morgan fingerprint density at radius 1 is 1.69 bits per heavy atom. The molecule has 0 spiro atoms. The third-order valence-corrected chi connectivity index (χ3v) is 2.85. The van der Waals surface area contributed by atoms with E-state index < -0.39 is 0 Å². The Balaban J connectivity index is 2.08. The molecule has 1 aliphatic rings. The van der Waals surface area contributed by atoms with Crippen LogP contribution in [0.15, 0.2) is 6.20 Å². The molecule has 1 amide bonds. The lowest BCUT2D eigenvalue weighted by Crippen LogP contribution is -2.36. The maximum Gasteiger partial charge on any atom is 0.257 e. The van der Waals surface area contributed by atoms with Gasteiger partial charge in [-0.15, -0.1) is 0 Å². The number of amides is 1. The molecule has 1 aliphatic carbocycles. The topological polar surface area (TPSA) is 58.2 Å². The second-order valence-electron chi connectivity index (χ2n) is 4.13. The van der Waals surface area contributed by atoms with Crippen molar-refractivity contribution in [2.75, 3.05) is 20.3 Å². The zero-order valence-corrected chi connectivity index (χ0v) is 9.69. The molecule has 0 aromatic carbocycles. The number of aromatic nitrogens is 2. The van der Waals surface area contributed by atoms with Gasteiger partial charge in [0.1, 0.15) is 0 Å². The molecule has 0 unspecified atom stereocenters. The molecule has 1 aromatic rings. The van der Waals surface area contributed by atoms with Gasteiger partial charge in [-0.05, 0) is 19.8 Å². The maximum absolute atomic E-state index is 12.2. The molecular weight excluding hydrogens is 206 g/mol. The first-order valence-electron chi connectivity index (χ1n) is 5.54.